The number of nitrogens with zero attached hydrogens (tertiary/aromatic N) is 5. The molecule has 15 heavy (non-hydrogen) atoms. The molecule has 0 aromatic carbocycles. The third kappa shape index (κ3) is 2.22. The van der Waals surface area contributed by atoms with Crippen LogP contribution >= 0.6 is 0 Å². The molecule has 0 aliphatic carbocycles. The van der Waals surface area contributed by atoms with Gasteiger partial charge in [-0.15, -0.1) is 0 Å². The normalized spacial score (nSPS) is 17.5. The highest BCUT2D eigenvalue weighted by Gasteiger charge is 2.15. The topological polar surface area (TPSA) is 56.0 Å². The molecule has 0 unspecified atom stereocenters. The van der Waals surface area contributed by atoms with Crippen LogP contribution in [0.1, 0.15) is 5.56 Å². The summed E-state index contributed by atoms with van der Waals surface area (Å²) in [6, 6.07) is 2.01. The van der Waals surface area contributed by atoms with Gasteiger partial charge in [0.25, 0.3) is 0 Å². The maximum atomic E-state index is 8.62. The Morgan fingerprint density at radius 1 is 1.20 bits per heavy atom. The number of likely N-dealkylation sites (N-methyl/N-ethyl adjacent to an activating group) is 1. The zero-order chi connectivity index (χ0) is 10.7. The van der Waals surface area contributed by atoms with Crippen LogP contribution in [0.15, 0.2) is 12.4 Å². The summed E-state index contributed by atoms with van der Waals surface area (Å²) in [5, 5.41) is 8.62. The van der Waals surface area contributed by atoms with Gasteiger partial charge in [0.2, 0.25) is 5.95 Å². The van der Waals surface area contributed by atoms with Crippen LogP contribution in [0.25, 0.3) is 0 Å². The number of hydrogen-bond donors (Lipinski definition) is 0. The van der Waals surface area contributed by atoms with Crippen molar-refractivity contribution in [3.8, 4) is 6.07 Å². The fraction of sp³-hybridized carbons (Fsp3) is 0.500. The summed E-state index contributed by atoms with van der Waals surface area (Å²) in [6.45, 7) is 3.96. The third-order valence-corrected chi connectivity index (χ3v) is 2.55. The van der Waals surface area contributed by atoms with E-state index in [9.17, 15) is 0 Å². The minimum atomic E-state index is 0.507. The molecule has 0 atom stereocenters. The molecule has 1 saturated heterocycles. The second kappa shape index (κ2) is 4.24. The molecule has 1 aromatic heterocycles. The largest absolute Gasteiger partial charge is 0.338 e. The maximum Gasteiger partial charge on any atom is 0.225 e. The van der Waals surface area contributed by atoms with Crippen LogP contribution in [-0.2, 0) is 0 Å². The van der Waals surface area contributed by atoms with Crippen molar-refractivity contribution in [1.82, 2.24) is 14.9 Å². The van der Waals surface area contributed by atoms with Gasteiger partial charge in [0, 0.05) is 26.2 Å². The molecule has 1 aromatic rings. The lowest BCUT2D eigenvalue weighted by Gasteiger charge is -2.32. The first-order valence-electron chi connectivity index (χ1n) is 4.95. The number of hydrogen-bond acceptors (Lipinski definition) is 5. The number of nitriles is 1. The molecule has 1 aliphatic heterocycles. The SMILES string of the molecule is CN1CCN(c2ncc(C#N)cn2)CC1. The second-order valence-electron chi connectivity index (χ2n) is 3.67. The molecular weight excluding hydrogens is 190 g/mol. The Balaban J connectivity index is 2.07. The predicted molar refractivity (Wildman–Crippen MR) is 56.5 cm³/mol. The lowest BCUT2D eigenvalue weighted by atomic mass is 10.3. The van der Waals surface area contributed by atoms with Crippen molar-refractivity contribution < 1.29 is 0 Å². The van der Waals surface area contributed by atoms with Crippen LogP contribution in [0.2, 0.25) is 0 Å². The van der Waals surface area contributed by atoms with Crippen LogP contribution < -0.4 is 4.90 Å². The molecule has 0 N–H and O–H groups in total. The number of aromatic nitrogens is 2. The summed E-state index contributed by atoms with van der Waals surface area (Å²) in [6.07, 6.45) is 3.14. The standard InChI is InChI=1S/C10H13N5/c1-14-2-4-15(5-3-14)10-12-7-9(6-11)8-13-10/h7-8H,2-5H2,1H3. The van der Waals surface area contributed by atoms with Crippen molar-refractivity contribution in [2.24, 2.45) is 0 Å². The molecule has 1 fully saturated rings. The highest BCUT2D eigenvalue weighted by atomic mass is 15.3. The highest BCUT2D eigenvalue weighted by Crippen LogP contribution is 2.09. The van der Waals surface area contributed by atoms with Crippen LogP contribution in [0.4, 0.5) is 5.95 Å². The molecule has 0 saturated carbocycles. The Bertz CT molecular complexity index is 358. The van der Waals surface area contributed by atoms with Gasteiger partial charge < -0.3 is 9.80 Å². The molecule has 0 spiro atoms. The number of rotatable bonds is 1. The maximum absolute atomic E-state index is 8.62. The van der Waals surface area contributed by atoms with E-state index in [-0.39, 0.29) is 0 Å². The molecule has 78 valence electrons. The van der Waals surface area contributed by atoms with Crippen molar-refractivity contribution >= 4 is 5.95 Å². The highest BCUT2D eigenvalue weighted by molar-refractivity contribution is 5.33. The van der Waals surface area contributed by atoms with Crippen LogP contribution in [0, 0.1) is 11.3 Å². The van der Waals surface area contributed by atoms with Gasteiger partial charge in [-0.3, -0.25) is 0 Å². The molecule has 5 nitrogen and oxygen atoms in total. The van der Waals surface area contributed by atoms with Crippen molar-refractivity contribution in [3.05, 3.63) is 18.0 Å². The molecular formula is C10H13N5. The molecule has 0 bridgehead atoms. The van der Waals surface area contributed by atoms with Crippen molar-refractivity contribution in [2.75, 3.05) is 38.1 Å². The summed E-state index contributed by atoms with van der Waals surface area (Å²) < 4.78 is 0. The van der Waals surface area contributed by atoms with Crippen molar-refractivity contribution in [3.63, 3.8) is 0 Å². The fourth-order valence-corrected chi connectivity index (χ4v) is 1.55. The van der Waals surface area contributed by atoms with Gasteiger partial charge in [0.1, 0.15) is 6.07 Å². The van der Waals surface area contributed by atoms with Crippen LogP contribution in [0.3, 0.4) is 0 Å². The summed E-state index contributed by atoms with van der Waals surface area (Å²) in [5.41, 5.74) is 0.507. The summed E-state index contributed by atoms with van der Waals surface area (Å²) in [4.78, 5) is 12.8. The quantitative estimate of drug-likeness (QED) is 0.648. The van der Waals surface area contributed by atoms with Crippen LogP contribution in [-0.4, -0.2) is 48.1 Å². The van der Waals surface area contributed by atoms with E-state index < -0.39 is 0 Å². The van der Waals surface area contributed by atoms with Gasteiger partial charge in [0.15, 0.2) is 0 Å². The predicted octanol–water partition coefficient (Wildman–Crippen LogP) is 0.100. The Labute approximate surface area is 89.0 Å². The lowest BCUT2D eigenvalue weighted by molar-refractivity contribution is 0.311. The third-order valence-electron chi connectivity index (χ3n) is 2.55. The van der Waals surface area contributed by atoms with E-state index in [2.05, 4.69) is 26.8 Å². The van der Waals surface area contributed by atoms with Crippen LogP contribution in [0.5, 0.6) is 0 Å². The minimum absolute atomic E-state index is 0.507. The van der Waals surface area contributed by atoms with Crippen molar-refractivity contribution in [1.29, 1.82) is 5.26 Å². The van der Waals surface area contributed by atoms with Crippen molar-refractivity contribution in [2.45, 2.75) is 0 Å². The second-order valence-corrected chi connectivity index (χ2v) is 3.67. The summed E-state index contributed by atoms with van der Waals surface area (Å²) in [5.74, 6) is 0.724. The van der Waals surface area contributed by atoms with E-state index in [4.69, 9.17) is 5.26 Å². The average Bonchev–Trinajstić information content (AvgIpc) is 2.30. The summed E-state index contributed by atoms with van der Waals surface area (Å²) in [7, 11) is 2.11. The van der Waals surface area contributed by atoms with Gasteiger partial charge in [-0.1, -0.05) is 0 Å². The first kappa shape index (κ1) is 9.87. The van der Waals surface area contributed by atoms with E-state index in [0.717, 1.165) is 32.1 Å². The van der Waals surface area contributed by atoms with E-state index in [1.54, 1.807) is 12.4 Å². The lowest BCUT2D eigenvalue weighted by Crippen LogP contribution is -2.45. The monoisotopic (exact) mass is 203 g/mol. The zero-order valence-electron chi connectivity index (χ0n) is 8.72. The van der Waals surface area contributed by atoms with Gasteiger partial charge in [-0.25, -0.2) is 9.97 Å². The first-order chi connectivity index (χ1) is 7.29. The van der Waals surface area contributed by atoms with Gasteiger partial charge >= 0.3 is 0 Å². The Morgan fingerprint density at radius 3 is 2.33 bits per heavy atom. The van der Waals surface area contributed by atoms with E-state index in [1.165, 1.54) is 0 Å². The zero-order valence-corrected chi connectivity index (χ0v) is 8.72. The molecule has 5 heteroatoms. The molecule has 0 amide bonds. The molecule has 0 radical (unpaired) electrons. The van der Waals surface area contributed by atoms with Gasteiger partial charge in [0.05, 0.1) is 18.0 Å². The minimum Gasteiger partial charge on any atom is -0.338 e. The number of anilines is 1. The van der Waals surface area contributed by atoms with Gasteiger partial charge in [-0.2, -0.15) is 5.26 Å². The van der Waals surface area contributed by atoms with E-state index in [0.29, 0.717) is 5.56 Å². The smallest absolute Gasteiger partial charge is 0.225 e. The Morgan fingerprint density at radius 2 is 1.80 bits per heavy atom. The molecule has 1 aliphatic rings. The Kier molecular flexibility index (Phi) is 2.79. The first-order valence-corrected chi connectivity index (χ1v) is 4.95. The van der Waals surface area contributed by atoms with E-state index >= 15 is 0 Å². The average molecular weight is 203 g/mol. The Hall–Kier alpha value is -1.67. The summed E-state index contributed by atoms with van der Waals surface area (Å²) >= 11 is 0. The molecule has 2 rings (SSSR count). The van der Waals surface area contributed by atoms with E-state index in [1.807, 2.05) is 6.07 Å². The van der Waals surface area contributed by atoms with Gasteiger partial charge in [-0.05, 0) is 7.05 Å². The molecule has 2 heterocycles. The fourth-order valence-electron chi connectivity index (χ4n) is 1.55. The number of piperazine rings is 1.